The Bertz CT molecular complexity index is 1100. The largest absolute Gasteiger partial charge is 0.311 e. The molecule has 1 amide bonds. The van der Waals surface area contributed by atoms with E-state index in [1.807, 2.05) is 63.5 Å². The van der Waals surface area contributed by atoms with Crippen LogP contribution in [0.3, 0.4) is 0 Å². The van der Waals surface area contributed by atoms with Gasteiger partial charge in [-0.3, -0.25) is 9.69 Å². The topological polar surface area (TPSA) is 78.0 Å². The molecule has 0 saturated heterocycles. The Kier molecular flexibility index (Phi) is 9.25. The summed E-state index contributed by atoms with van der Waals surface area (Å²) in [6, 6.07) is 20.3. The van der Waals surface area contributed by atoms with Crippen LogP contribution in [-0.2, 0) is 11.3 Å². The molecule has 1 heterocycles. The molecule has 0 aliphatic rings. The lowest BCUT2D eigenvalue weighted by atomic mass is 10.2. The van der Waals surface area contributed by atoms with E-state index >= 15 is 0 Å². The summed E-state index contributed by atoms with van der Waals surface area (Å²) < 4.78 is 2.12. The average molecular weight is 477 g/mol. The smallest absolute Gasteiger partial charge is 0.237 e. The molecule has 0 fully saturated rings. The molecule has 3 rings (SSSR count). The van der Waals surface area contributed by atoms with E-state index in [4.69, 9.17) is 5.26 Å². The van der Waals surface area contributed by atoms with Crippen LogP contribution in [0.25, 0.3) is 0 Å². The fraction of sp³-hybridized carbons (Fsp3) is 0.385. The van der Waals surface area contributed by atoms with Crippen LogP contribution < -0.4 is 4.90 Å². The lowest BCUT2D eigenvalue weighted by molar-refractivity contribution is -0.116. The molecular weight excluding hydrogens is 444 g/mol. The normalized spacial score (nSPS) is 11.9. The first-order chi connectivity index (χ1) is 16.4. The molecule has 1 aromatic heterocycles. The number of carbonyl (C=O) groups is 1. The second-order valence-corrected chi connectivity index (χ2v) is 9.32. The van der Waals surface area contributed by atoms with Crippen molar-refractivity contribution in [1.29, 1.82) is 5.26 Å². The van der Waals surface area contributed by atoms with E-state index in [9.17, 15) is 4.79 Å². The van der Waals surface area contributed by atoms with Crippen molar-refractivity contribution < 1.29 is 4.79 Å². The Morgan fingerprint density at radius 3 is 2.44 bits per heavy atom. The van der Waals surface area contributed by atoms with Gasteiger partial charge in [-0.25, -0.2) is 0 Å². The van der Waals surface area contributed by atoms with E-state index < -0.39 is 0 Å². The molecule has 0 spiro atoms. The Morgan fingerprint density at radius 1 is 1.12 bits per heavy atom. The number of nitrogens with zero attached hydrogens (tertiary/aromatic N) is 6. The first kappa shape index (κ1) is 25.5. The monoisotopic (exact) mass is 476 g/mol. The third-order valence-electron chi connectivity index (χ3n) is 5.66. The van der Waals surface area contributed by atoms with Crippen molar-refractivity contribution in [2.45, 2.75) is 44.4 Å². The van der Waals surface area contributed by atoms with Gasteiger partial charge in [0.05, 0.1) is 30.8 Å². The fourth-order valence-corrected chi connectivity index (χ4v) is 4.66. The van der Waals surface area contributed by atoms with E-state index in [1.165, 1.54) is 11.8 Å². The van der Waals surface area contributed by atoms with Gasteiger partial charge in [0, 0.05) is 12.2 Å². The summed E-state index contributed by atoms with van der Waals surface area (Å²) in [7, 11) is 4.08. The zero-order valence-corrected chi connectivity index (χ0v) is 21.1. The van der Waals surface area contributed by atoms with Crippen molar-refractivity contribution in [2.24, 2.45) is 0 Å². The Labute approximate surface area is 206 Å². The van der Waals surface area contributed by atoms with Crippen LogP contribution in [0.5, 0.6) is 0 Å². The van der Waals surface area contributed by atoms with E-state index in [-0.39, 0.29) is 24.1 Å². The molecule has 3 aromatic rings. The second-order valence-electron chi connectivity index (χ2n) is 8.38. The summed E-state index contributed by atoms with van der Waals surface area (Å²) in [5.41, 5.74) is 3.08. The SMILES string of the molecule is CCC(c1nnc(SCC(=O)N(CCC#N)c2ccc(C)cc2)n1Cc1ccccc1)N(C)C. The standard InChI is InChI=1S/C26H32N6OS/c1-5-23(30(3)4)25-28-29-26(32(25)18-21-10-7-6-8-11-21)34-19-24(33)31(17-9-16-27)22-14-12-20(2)13-15-22/h6-8,10-15,23H,5,9,17-19H2,1-4H3. The molecule has 1 atom stereocenters. The summed E-state index contributed by atoms with van der Waals surface area (Å²) in [6.07, 6.45) is 1.18. The molecule has 1 unspecified atom stereocenters. The number of aromatic nitrogens is 3. The Morgan fingerprint density at radius 2 is 1.82 bits per heavy atom. The lowest BCUT2D eigenvalue weighted by Gasteiger charge is -2.23. The van der Waals surface area contributed by atoms with Crippen molar-refractivity contribution >= 4 is 23.4 Å². The summed E-state index contributed by atoms with van der Waals surface area (Å²) in [5, 5.41) is 18.8. The van der Waals surface area contributed by atoms with Crippen molar-refractivity contribution in [3.8, 4) is 6.07 Å². The first-order valence-corrected chi connectivity index (χ1v) is 12.4. The molecule has 0 N–H and O–H groups in total. The highest BCUT2D eigenvalue weighted by atomic mass is 32.2. The first-order valence-electron chi connectivity index (χ1n) is 11.4. The van der Waals surface area contributed by atoms with Gasteiger partial charge in [0.15, 0.2) is 11.0 Å². The van der Waals surface area contributed by atoms with Crippen molar-refractivity contribution in [3.63, 3.8) is 0 Å². The maximum atomic E-state index is 13.2. The fourth-order valence-electron chi connectivity index (χ4n) is 3.84. The molecule has 34 heavy (non-hydrogen) atoms. The van der Waals surface area contributed by atoms with Crippen LogP contribution in [0.15, 0.2) is 59.8 Å². The summed E-state index contributed by atoms with van der Waals surface area (Å²) in [6.45, 7) is 5.15. The number of amides is 1. The van der Waals surface area contributed by atoms with Gasteiger partial charge >= 0.3 is 0 Å². The van der Waals surface area contributed by atoms with Crippen LogP contribution in [-0.4, -0.2) is 52.0 Å². The van der Waals surface area contributed by atoms with E-state index in [0.29, 0.717) is 13.1 Å². The number of nitriles is 1. The minimum Gasteiger partial charge on any atom is -0.311 e. The van der Waals surface area contributed by atoms with Crippen molar-refractivity contribution in [3.05, 3.63) is 71.5 Å². The predicted octanol–water partition coefficient (Wildman–Crippen LogP) is 4.69. The maximum Gasteiger partial charge on any atom is 0.237 e. The van der Waals surface area contributed by atoms with E-state index in [1.54, 1.807) is 4.90 Å². The number of benzene rings is 2. The molecule has 2 aromatic carbocycles. The number of thioether (sulfide) groups is 1. The number of rotatable bonds is 11. The molecule has 0 saturated carbocycles. The van der Waals surface area contributed by atoms with Crippen LogP contribution in [0.4, 0.5) is 5.69 Å². The number of hydrogen-bond acceptors (Lipinski definition) is 6. The average Bonchev–Trinajstić information content (AvgIpc) is 3.21. The second kappa shape index (κ2) is 12.4. The third kappa shape index (κ3) is 6.46. The number of anilines is 1. The molecule has 7 nitrogen and oxygen atoms in total. The molecule has 0 radical (unpaired) electrons. The predicted molar refractivity (Wildman–Crippen MR) is 137 cm³/mol. The van der Waals surface area contributed by atoms with E-state index in [2.05, 4.69) is 44.8 Å². The van der Waals surface area contributed by atoms with Gasteiger partial charge in [0.25, 0.3) is 0 Å². The number of carbonyl (C=O) groups excluding carboxylic acids is 1. The Balaban J connectivity index is 1.84. The van der Waals surface area contributed by atoms with Gasteiger partial charge in [-0.1, -0.05) is 66.7 Å². The quantitative estimate of drug-likeness (QED) is 0.374. The molecule has 0 aliphatic carbocycles. The zero-order valence-electron chi connectivity index (χ0n) is 20.3. The van der Waals surface area contributed by atoms with Crippen LogP contribution in [0.2, 0.25) is 0 Å². The molecular formula is C26H32N6OS. The minimum absolute atomic E-state index is 0.0560. The van der Waals surface area contributed by atoms with Crippen LogP contribution >= 0.6 is 11.8 Å². The zero-order chi connectivity index (χ0) is 24.5. The van der Waals surface area contributed by atoms with Gasteiger partial charge in [0.1, 0.15) is 0 Å². The molecule has 178 valence electrons. The Hall–Kier alpha value is -3.15. The van der Waals surface area contributed by atoms with Crippen LogP contribution in [0.1, 0.15) is 42.8 Å². The van der Waals surface area contributed by atoms with Gasteiger partial charge in [-0.05, 0) is 45.1 Å². The molecule has 0 aliphatic heterocycles. The number of hydrogen-bond donors (Lipinski definition) is 0. The van der Waals surface area contributed by atoms with E-state index in [0.717, 1.165) is 34.2 Å². The molecule has 8 heteroatoms. The summed E-state index contributed by atoms with van der Waals surface area (Å²) in [4.78, 5) is 17.0. The van der Waals surface area contributed by atoms with Crippen molar-refractivity contribution in [2.75, 3.05) is 31.3 Å². The van der Waals surface area contributed by atoms with Crippen LogP contribution in [0, 0.1) is 18.3 Å². The maximum absolute atomic E-state index is 13.2. The van der Waals surface area contributed by atoms with Gasteiger partial charge in [0.2, 0.25) is 5.91 Å². The summed E-state index contributed by atoms with van der Waals surface area (Å²) in [5.74, 6) is 1.05. The molecule has 0 bridgehead atoms. The van der Waals surface area contributed by atoms with Gasteiger partial charge < -0.3 is 9.47 Å². The highest BCUT2D eigenvalue weighted by Crippen LogP contribution is 2.27. The third-order valence-corrected chi connectivity index (χ3v) is 6.61. The van der Waals surface area contributed by atoms with Crippen molar-refractivity contribution in [1.82, 2.24) is 19.7 Å². The van der Waals surface area contributed by atoms with Gasteiger partial charge in [-0.15, -0.1) is 10.2 Å². The highest BCUT2D eigenvalue weighted by Gasteiger charge is 2.24. The van der Waals surface area contributed by atoms with Gasteiger partial charge in [-0.2, -0.15) is 5.26 Å². The lowest BCUT2D eigenvalue weighted by Crippen LogP contribution is -2.33. The number of aryl methyl sites for hydroxylation is 1. The minimum atomic E-state index is -0.0560. The highest BCUT2D eigenvalue weighted by molar-refractivity contribution is 7.99. The summed E-state index contributed by atoms with van der Waals surface area (Å²) >= 11 is 1.39.